The molecule has 0 radical (unpaired) electrons. The van der Waals surface area contributed by atoms with Crippen LogP contribution in [-0.2, 0) is 11.8 Å². The number of nitrogens with zero attached hydrogens (tertiary/aromatic N) is 6. The van der Waals surface area contributed by atoms with E-state index in [1.54, 1.807) is 23.1 Å². The summed E-state index contributed by atoms with van der Waals surface area (Å²) in [5.41, 5.74) is 1.74. The van der Waals surface area contributed by atoms with Gasteiger partial charge in [-0.1, -0.05) is 23.7 Å². The van der Waals surface area contributed by atoms with E-state index in [9.17, 15) is 4.79 Å². The highest BCUT2D eigenvalue weighted by atomic mass is 35.5. The third-order valence-electron chi connectivity index (χ3n) is 4.86. The molecule has 0 aliphatic carbocycles. The first-order valence-electron chi connectivity index (χ1n) is 9.42. The number of rotatable bonds is 5. The number of hydrogen-bond donors (Lipinski definition) is 1. The summed E-state index contributed by atoms with van der Waals surface area (Å²) in [6.45, 7) is 3.50. The molecule has 1 N–H and O–H groups in total. The molecular weight excluding hydrogens is 390 g/mol. The molecule has 8 nitrogen and oxygen atoms in total. The zero-order chi connectivity index (χ0) is 20.2. The molecule has 4 rings (SSSR count). The molecule has 1 fully saturated rings. The molecule has 3 heterocycles. The van der Waals surface area contributed by atoms with Crippen molar-refractivity contribution >= 4 is 29.3 Å². The molecule has 0 saturated carbocycles. The molecule has 0 unspecified atom stereocenters. The Hall–Kier alpha value is -2.97. The Balaban J connectivity index is 1.32. The molecule has 0 spiro atoms. The monoisotopic (exact) mass is 411 g/mol. The summed E-state index contributed by atoms with van der Waals surface area (Å²) < 4.78 is 1.67. The number of aryl methyl sites for hydroxylation is 1. The highest BCUT2D eigenvalue weighted by Gasteiger charge is 2.21. The van der Waals surface area contributed by atoms with E-state index in [-0.39, 0.29) is 5.91 Å². The molecule has 1 aromatic carbocycles. The third kappa shape index (κ3) is 4.72. The van der Waals surface area contributed by atoms with Gasteiger partial charge >= 0.3 is 0 Å². The van der Waals surface area contributed by atoms with Crippen molar-refractivity contribution in [2.24, 2.45) is 7.05 Å². The molecule has 0 bridgehead atoms. The average Bonchev–Trinajstić information content (AvgIpc) is 3.10. The lowest BCUT2D eigenvalue weighted by atomic mass is 10.1. The van der Waals surface area contributed by atoms with Crippen molar-refractivity contribution in [1.82, 2.24) is 24.6 Å². The molecule has 1 aliphatic heterocycles. The minimum absolute atomic E-state index is 0.0555. The van der Waals surface area contributed by atoms with E-state index in [1.165, 1.54) is 0 Å². The Morgan fingerprint density at radius 2 is 1.79 bits per heavy atom. The zero-order valence-electron chi connectivity index (χ0n) is 16.1. The van der Waals surface area contributed by atoms with E-state index in [1.807, 2.05) is 37.4 Å². The number of aromatic nitrogens is 4. The summed E-state index contributed by atoms with van der Waals surface area (Å²) >= 11 is 5.94. The lowest BCUT2D eigenvalue weighted by molar-refractivity contribution is -0.117. The van der Waals surface area contributed by atoms with E-state index in [4.69, 9.17) is 11.6 Å². The van der Waals surface area contributed by atoms with Crippen LogP contribution in [0.4, 0.5) is 11.8 Å². The van der Waals surface area contributed by atoms with E-state index >= 15 is 0 Å². The predicted octanol–water partition coefficient (Wildman–Crippen LogP) is 2.29. The number of piperazine rings is 1. The number of halogens is 1. The summed E-state index contributed by atoms with van der Waals surface area (Å²) in [6.07, 6.45) is 3.49. The number of hydrogen-bond acceptors (Lipinski definition) is 6. The van der Waals surface area contributed by atoms with Gasteiger partial charge in [-0.05, 0) is 18.2 Å². The van der Waals surface area contributed by atoms with Crippen molar-refractivity contribution in [1.29, 1.82) is 0 Å². The third-order valence-corrected chi connectivity index (χ3v) is 5.11. The molecule has 1 aliphatic rings. The smallest absolute Gasteiger partial charge is 0.239 e. The van der Waals surface area contributed by atoms with E-state index in [2.05, 4.69) is 30.2 Å². The summed E-state index contributed by atoms with van der Waals surface area (Å²) in [6, 6.07) is 11.1. The second kappa shape index (κ2) is 8.59. The van der Waals surface area contributed by atoms with E-state index in [0.717, 1.165) is 43.4 Å². The highest BCUT2D eigenvalue weighted by molar-refractivity contribution is 6.30. The van der Waals surface area contributed by atoms with Gasteiger partial charge in [-0.2, -0.15) is 5.10 Å². The maximum atomic E-state index is 12.5. The fraction of sp³-hybridized carbons (Fsp3) is 0.300. The number of amides is 1. The Bertz CT molecular complexity index is 966. The summed E-state index contributed by atoms with van der Waals surface area (Å²) in [7, 11) is 1.81. The maximum Gasteiger partial charge on any atom is 0.239 e. The molecule has 1 saturated heterocycles. The second-order valence-electron chi connectivity index (χ2n) is 6.91. The SMILES string of the molecule is Cn1nc(-c2ccc(Cl)cc2)cc1NC(=O)CN1CCN(c2ncccn2)CC1. The number of benzene rings is 1. The van der Waals surface area contributed by atoms with Gasteiger partial charge in [0.1, 0.15) is 5.82 Å². The fourth-order valence-corrected chi connectivity index (χ4v) is 3.42. The Kier molecular flexibility index (Phi) is 5.73. The van der Waals surface area contributed by atoms with Crippen LogP contribution in [0.25, 0.3) is 11.3 Å². The first-order chi connectivity index (χ1) is 14.1. The van der Waals surface area contributed by atoms with E-state index in [0.29, 0.717) is 17.4 Å². The largest absolute Gasteiger partial charge is 0.338 e. The first kappa shape index (κ1) is 19.4. The normalized spacial score (nSPS) is 14.8. The summed E-state index contributed by atoms with van der Waals surface area (Å²) in [5, 5.41) is 8.11. The molecule has 1 amide bonds. The standard InChI is InChI=1S/C20H22ClN7O/c1-26-18(13-17(25-26)15-3-5-16(21)6-4-15)24-19(29)14-27-9-11-28(12-10-27)20-22-7-2-8-23-20/h2-8,13H,9-12,14H2,1H3,(H,24,29). The van der Waals surface area contributed by atoms with Crippen LogP contribution in [0.15, 0.2) is 48.8 Å². The van der Waals surface area contributed by atoms with Crippen molar-refractivity contribution in [3.05, 3.63) is 53.8 Å². The maximum absolute atomic E-state index is 12.5. The second-order valence-corrected chi connectivity index (χ2v) is 7.34. The van der Waals surface area contributed by atoms with E-state index < -0.39 is 0 Å². The Morgan fingerprint density at radius 3 is 2.48 bits per heavy atom. The number of nitrogens with one attached hydrogen (secondary N) is 1. The van der Waals surface area contributed by atoms with Gasteiger partial charge in [0.25, 0.3) is 0 Å². The molecule has 0 atom stereocenters. The van der Waals surface area contributed by atoms with Crippen LogP contribution in [0.2, 0.25) is 5.02 Å². The van der Waals surface area contributed by atoms with Gasteiger partial charge in [0.15, 0.2) is 0 Å². The number of carbonyl (C=O) groups is 1. The van der Waals surface area contributed by atoms with Gasteiger partial charge < -0.3 is 10.2 Å². The van der Waals surface area contributed by atoms with Crippen LogP contribution in [0, 0.1) is 0 Å². The molecule has 3 aromatic rings. The van der Waals surface area contributed by atoms with Crippen LogP contribution in [-0.4, -0.2) is 63.3 Å². The van der Waals surface area contributed by atoms with Crippen molar-refractivity contribution in [3.8, 4) is 11.3 Å². The van der Waals surface area contributed by atoms with Gasteiger partial charge in [-0.15, -0.1) is 0 Å². The Morgan fingerprint density at radius 1 is 1.10 bits per heavy atom. The minimum atomic E-state index is -0.0555. The lowest BCUT2D eigenvalue weighted by Gasteiger charge is -2.34. The molecule has 150 valence electrons. The van der Waals surface area contributed by atoms with Crippen LogP contribution < -0.4 is 10.2 Å². The van der Waals surface area contributed by atoms with Crippen LogP contribution >= 0.6 is 11.6 Å². The Labute approximate surface area is 174 Å². The van der Waals surface area contributed by atoms with Crippen molar-refractivity contribution in [2.75, 3.05) is 42.9 Å². The zero-order valence-corrected chi connectivity index (χ0v) is 16.9. The first-order valence-corrected chi connectivity index (χ1v) is 9.80. The molecule has 2 aromatic heterocycles. The quantitative estimate of drug-likeness (QED) is 0.694. The van der Waals surface area contributed by atoms with Gasteiger partial charge in [0, 0.05) is 62.3 Å². The number of carbonyl (C=O) groups excluding carboxylic acids is 1. The molecular formula is C20H22ClN7O. The average molecular weight is 412 g/mol. The van der Waals surface area contributed by atoms with Gasteiger partial charge in [-0.25, -0.2) is 9.97 Å². The van der Waals surface area contributed by atoms with Crippen LogP contribution in [0.3, 0.4) is 0 Å². The number of anilines is 2. The fourth-order valence-electron chi connectivity index (χ4n) is 3.29. The lowest BCUT2D eigenvalue weighted by Crippen LogP contribution is -2.49. The van der Waals surface area contributed by atoms with Gasteiger partial charge in [0.2, 0.25) is 11.9 Å². The van der Waals surface area contributed by atoms with Gasteiger partial charge in [-0.3, -0.25) is 14.4 Å². The topological polar surface area (TPSA) is 79.2 Å². The van der Waals surface area contributed by atoms with Crippen molar-refractivity contribution in [3.63, 3.8) is 0 Å². The minimum Gasteiger partial charge on any atom is -0.338 e. The van der Waals surface area contributed by atoms with Crippen molar-refractivity contribution in [2.45, 2.75) is 0 Å². The van der Waals surface area contributed by atoms with Crippen LogP contribution in [0.5, 0.6) is 0 Å². The van der Waals surface area contributed by atoms with Crippen LogP contribution in [0.1, 0.15) is 0 Å². The summed E-state index contributed by atoms with van der Waals surface area (Å²) in [5.74, 6) is 1.34. The highest BCUT2D eigenvalue weighted by Crippen LogP contribution is 2.23. The predicted molar refractivity (Wildman–Crippen MR) is 113 cm³/mol. The molecule has 9 heteroatoms. The van der Waals surface area contributed by atoms with Gasteiger partial charge in [0.05, 0.1) is 12.2 Å². The molecule has 29 heavy (non-hydrogen) atoms. The summed E-state index contributed by atoms with van der Waals surface area (Å²) in [4.78, 5) is 25.4. The van der Waals surface area contributed by atoms with Crippen molar-refractivity contribution < 1.29 is 4.79 Å².